The van der Waals surface area contributed by atoms with E-state index in [1.165, 1.54) is 35.4 Å². The van der Waals surface area contributed by atoms with E-state index in [1.807, 2.05) is 0 Å². The van der Waals surface area contributed by atoms with Crippen molar-refractivity contribution in [3.63, 3.8) is 0 Å². The van der Waals surface area contributed by atoms with Gasteiger partial charge in [-0.05, 0) is 17.7 Å². The van der Waals surface area contributed by atoms with Crippen LogP contribution in [-0.2, 0) is 20.6 Å². The first-order valence-corrected chi connectivity index (χ1v) is 8.48. The fraction of sp³-hybridized carbons (Fsp3) is 0.353. The van der Waals surface area contributed by atoms with E-state index in [0.717, 1.165) is 10.6 Å². The third-order valence-electron chi connectivity index (χ3n) is 4.22. The molecule has 0 radical (unpaired) electrons. The van der Waals surface area contributed by atoms with E-state index in [2.05, 4.69) is 15.0 Å². The molecule has 0 aliphatic heterocycles. The summed E-state index contributed by atoms with van der Waals surface area (Å²) in [6, 6.07) is 5.32. The second-order valence-electron chi connectivity index (χ2n) is 6.25. The third-order valence-corrected chi connectivity index (χ3v) is 4.22. The fourth-order valence-electron chi connectivity index (χ4n) is 2.93. The number of rotatable bonds is 6. The van der Waals surface area contributed by atoms with E-state index in [9.17, 15) is 22.8 Å². The van der Waals surface area contributed by atoms with E-state index in [4.69, 9.17) is 5.11 Å². The van der Waals surface area contributed by atoms with Gasteiger partial charge in [0.1, 0.15) is 5.75 Å². The van der Waals surface area contributed by atoms with Gasteiger partial charge in [0.15, 0.2) is 11.2 Å². The zero-order chi connectivity index (χ0) is 21.3. The summed E-state index contributed by atoms with van der Waals surface area (Å²) in [4.78, 5) is 29.1. The Morgan fingerprint density at radius 2 is 1.93 bits per heavy atom. The molecule has 3 rings (SSSR count). The lowest BCUT2D eigenvalue weighted by molar-refractivity contribution is -0.274. The number of aryl methyl sites for hydroxylation is 1. The van der Waals surface area contributed by atoms with Gasteiger partial charge in [0.2, 0.25) is 5.95 Å². The first-order chi connectivity index (χ1) is 13.6. The second kappa shape index (κ2) is 7.62. The van der Waals surface area contributed by atoms with Crippen molar-refractivity contribution in [2.24, 2.45) is 14.1 Å². The number of fused-ring (bicyclic) bond motifs is 1. The summed E-state index contributed by atoms with van der Waals surface area (Å²) < 4.78 is 45.0. The molecule has 0 bridgehead atoms. The number of nitrogens with one attached hydrogen (secondary N) is 1. The van der Waals surface area contributed by atoms with Crippen LogP contribution in [0, 0.1) is 0 Å². The number of benzene rings is 1. The number of aliphatic hydroxyl groups is 1. The monoisotopic (exact) mass is 413 g/mol. The highest BCUT2D eigenvalue weighted by Crippen LogP contribution is 2.25. The van der Waals surface area contributed by atoms with Gasteiger partial charge in [-0.15, -0.1) is 13.2 Å². The van der Waals surface area contributed by atoms with Gasteiger partial charge in [-0.2, -0.15) is 4.98 Å². The Bertz CT molecular complexity index is 1160. The summed E-state index contributed by atoms with van der Waals surface area (Å²) in [5, 5.41) is 11.9. The molecule has 2 heterocycles. The Morgan fingerprint density at radius 1 is 1.21 bits per heavy atom. The van der Waals surface area contributed by atoms with Gasteiger partial charge in [-0.3, -0.25) is 18.5 Å². The van der Waals surface area contributed by atoms with E-state index in [0.29, 0.717) is 5.56 Å². The third kappa shape index (κ3) is 4.11. The molecule has 0 amide bonds. The van der Waals surface area contributed by atoms with Gasteiger partial charge < -0.3 is 15.2 Å². The van der Waals surface area contributed by atoms with Gasteiger partial charge in [-0.1, -0.05) is 12.1 Å². The molecule has 0 saturated heterocycles. The van der Waals surface area contributed by atoms with Crippen molar-refractivity contribution in [1.82, 2.24) is 18.7 Å². The number of hydrogen-bond acceptors (Lipinski definition) is 6. The van der Waals surface area contributed by atoms with E-state index in [1.54, 1.807) is 6.07 Å². The van der Waals surface area contributed by atoms with Gasteiger partial charge in [0, 0.05) is 20.6 Å². The predicted molar refractivity (Wildman–Crippen MR) is 98.0 cm³/mol. The molecule has 0 spiro atoms. The topological polar surface area (TPSA) is 103 Å². The number of ether oxygens (including phenoxy) is 1. The summed E-state index contributed by atoms with van der Waals surface area (Å²) in [5.74, 6) is -0.209. The maximum Gasteiger partial charge on any atom is 0.573 e. The van der Waals surface area contributed by atoms with Crippen LogP contribution in [0.5, 0.6) is 5.75 Å². The Balaban J connectivity index is 2.14. The van der Waals surface area contributed by atoms with Crippen LogP contribution in [0.15, 0.2) is 33.9 Å². The number of alkyl halides is 3. The van der Waals surface area contributed by atoms with E-state index in [-0.39, 0.29) is 36.8 Å². The van der Waals surface area contributed by atoms with Crippen LogP contribution in [0.4, 0.5) is 19.1 Å². The smallest absolute Gasteiger partial charge is 0.406 e. The lowest BCUT2D eigenvalue weighted by Crippen LogP contribution is -2.37. The van der Waals surface area contributed by atoms with Crippen molar-refractivity contribution in [3.05, 3.63) is 50.7 Å². The maximum absolute atomic E-state index is 12.7. The number of nitrogens with zero attached hydrogens (tertiary/aromatic N) is 4. The molecule has 3 aromatic rings. The summed E-state index contributed by atoms with van der Waals surface area (Å²) in [5.41, 5.74) is -0.552. The quantitative estimate of drug-likeness (QED) is 0.619. The number of aliphatic hydroxyl groups excluding tert-OH is 1. The predicted octanol–water partition coefficient (Wildman–Crippen LogP) is 0.785. The molecular formula is C17H18F3N5O4. The Hall–Kier alpha value is -3.28. The molecule has 0 aliphatic rings. The molecule has 0 fully saturated rings. The molecule has 0 unspecified atom stereocenters. The molecule has 12 heteroatoms. The van der Waals surface area contributed by atoms with Crippen molar-refractivity contribution in [1.29, 1.82) is 0 Å². The number of halogens is 3. The first-order valence-electron chi connectivity index (χ1n) is 8.48. The zero-order valence-corrected chi connectivity index (χ0v) is 15.5. The standard InChI is InChI=1S/C17H18F3N5O4/c1-23-13-12(14(27)24(2)16(23)28)25(15(22-13)21-6-7-26)9-10-4-3-5-11(8-10)29-17(18,19)20/h3-5,8,26H,6-7,9H2,1-2H3,(H,21,22). The maximum atomic E-state index is 12.7. The van der Waals surface area contributed by atoms with Crippen LogP contribution in [0.3, 0.4) is 0 Å². The van der Waals surface area contributed by atoms with Gasteiger partial charge in [0.05, 0.1) is 13.2 Å². The molecule has 1 aromatic carbocycles. The Morgan fingerprint density at radius 3 is 2.59 bits per heavy atom. The summed E-state index contributed by atoms with van der Waals surface area (Å²) in [6.07, 6.45) is -4.83. The summed E-state index contributed by atoms with van der Waals surface area (Å²) in [7, 11) is 2.77. The Kier molecular flexibility index (Phi) is 5.38. The summed E-state index contributed by atoms with van der Waals surface area (Å²) >= 11 is 0. The van der Waals surface area contributed by atoms with Crippen LogP contribution in [0.2, 0.25) is 0 Å². The highest BCUT2D eigenvalue weighted by Gasteiger charge is 2.31. The molecule has 0 saturated carbocycles. The van der Waals surface area contributed by atoms with Crippen LogP contribution >= 0.6 is 0 Å². The van der Waals surface area contributed by atoms with E-state index >= 15 is 0 Å². The van der Waals surface area contributed by atoms with Crippen LogP contribution < -0.4 is 21.3 Å². The summed E-state index contributed by atoms with van der Waals surface area (Å²) in [6.45, 7) is -0.114. The lowest BCUT2D eigenvalue weighted by Gasteiger charge is -2.13. The van der Waals surface area contributed by atoms with Gasteiger partial charge >= 0.3 is 12.1 Å². The number of anilines is 1. The molecular weight excluding hydrogens is 395 g/mol. The fourth-order valence-corrected chi connectivity index (χ4v) is 2.93. The highest BCUT2D eigenvalue weighted by atomic mass is 19.4. The first kappa shape index (κ1) is 20.5. The van der Waals surface area contributed by atoms with E-state index < -0.39 is 23.4 Å². The minimum atomic E-state index is -4.83. The molecule has 0 atom stereocenters. The molecule has 9 nitrogen and oxygen atoms in total. The molecule has 156 valence electrons. The minimum Gasteiger partial charge on any atom is -0.406 e. The van der Waals surface area contributed by atoms with Crippen molar-refractivity contribution in [2.75, 3.05) is 18.5 Å². The lowest BCUT2D eigenvalue weighted by atomic mass is 10.2. The zero-order valence-electron chi connectivity index (χ0n) is 15.5. The van der Waals surface area contributed by atoms with Crippen LogP contribution in [-0.4, -0.2) is 43.3 Å². The van der Waals surface area contributed by atoms with Crippen molar-refractivity contribution < 1.29 is 23.0 Å². The largest absolute Gasteiger partial charge is 0.573 e. The van der Waals surface area contributed by atoms with Gasteiger partial charge in [0.25, 0.3) is 5.56 Å². The van der Waals surface area contributed by atoms with Crippen LogP contribution in [0.25, 0.3) is 11.2 Å². The minimum absolute atomic E-state index is 0.0211. The number of imidazole rings is 1. The molecule has 2 aromatic heterocycles. The highest BCUT2D eigenvalue weighted by molar-refractivity contribution is 5.74. The number of aromatic nitrogens is 4. The average Bonchev–Trinajstić information content (AvgIpc) is 3.00. The van der Waals surface area contributed by atoms with Crippen LogP contribution in [0.1, 0.15) is 5.56 Å². The average molecular weight is 413 g/mol. The van der Waals surface area contributed by atoms with Crippen molar-refractivity contribution in [3.8, 4) is 5.75 Å². The number of hydrogen-bond donors (Lipinski definition) is 2. The van der Waals surface area contributed by atoms with Crippen molar-refractivity contribution in [2.45, 2.75) is 12.9 Å². The molecule has 29 heavy (non-hydrogen) atoms. The molecule has 0 aliphatic carbocycles. The van der Waals surface area contributed by atoms with Gasteiger partial charge in [-0.25, -0.2) is 4.79 Å². The normalized spacial score (nSPS) is 11.8. The SMILES string of the molecule is Cn1c(=O)c2c(nc(NCCO)n2Cc2cccc(OC(F)(F)F)c2)n(C)c1=O. The van der Waals surface area contributed by atoms with Crippen molar-refractivity contribution >= 4 is 17.1 Å². The Labute approximate surface area is 161 Å². The second-order valence-corrected chi connectivity index (χ2v) is 6.25. The molecule has 2 N–H and O–H groups in total.